The van der Waals surface area contributed by atoms with Crippen molar-refractivity contribution in [3.63, 3.8) is 0 Å². The molecule has 1 aromatic heterocycles. The molecule has 0 atom stereocenters. The van der Waals surface area contributed by atoms with Gasteiger partial charge in [-0.15, -0.1) is 0 Å². The average Bonchev–Trinajstić information content (AvgIpc) is 3.31. The molecule has 3 amide bonds. The van der Waals surface area contributed by atoms with Gasteiger partial charge in [0.2, 0.25) is 0 Å². The van der Waals surface area contributed by atoms with Crippen molar-refractivity contribution in [2.75, 3.05) is 49.5 Å². The number of rotatable bonds is 7. The predicted octanol–water partition coefficient (Wildman–Crippen LogP) is 4.32. The Hall–Kier alpha value is -5.16. The van der Waals surface area contributed by atoms with E-state index in [0.717, 1.165) is 33.9 Å². The monoisotopic (exact) mass is 607 g/mol. The standard InChI is InChI=1S/C34H37N7O4/c1-24-20-26(32(42)41-23-28-22-36-38(2)31(28)37-29-10-6-7-11-30(29)41)12-13-27(24)21-35-34(44)40-16-14-39(15-17-40)18-19-45-33(43)25-8-4-3-5-9-25/h3-13,20,22,37H,14-19,21,23H2,1-2H3,(H,35,44). The zero-order valence-electron chi connectivity index (χ0n) is 25.5. The highest BCUT2D eigenvalue weighted by Crippen LogP contribution is 2.36. The van der Waals surface area contributed by atoms with E-state index in [-0.39, 0.29) is 17.9 Å². The lowest BCUT2D eigenvalue weighted by Gasteiger charge is -2.34. The van der Waals surface area contributed by atoms with E-state index in [2.05, 4.69) is 20.6 Å². The lowest BCUT2D eigenvalue weighted by atomic mass is 10.0. The zero-order chi connectivity index (χ0) is 31.3. The molecule has 2 aliphatic heterocycles. The Labute approximate surface area is 262 Å². The van der Waals surface area contributed by atoms with E-state index >= 15 is 0 Å². The number of anilines is 3. The molecule has 0 spiro atoms. The third-order valence-corrected chi connectivity index (χ3v) is 8.37. The van der Waals surface area contributed by atoms with Gasteiger partial charge in [0.05, 0.1) is 29.7 Å². The van der Waals surface area contributed by atoms with Crippen LogP contribution in [0.1, 0.15) is 37.4 Å². The fourth-order valence-corrected chi connectivity index (χ4v) is 5.70. The van der Waals surface area contributed by atoms with Crippen LogP contribution in [0.25, 0.3) is 0 Å². The average molecular weight is 608 g/mol. The molecular formula is C34H37N7O4. The van der Waals surface area contributed by atoms with E-state index in [9.17, 15) is 14.4 Å². The van der Waals surface area contributed by atoms with Crippen LogP contribution in [0.3, 0.4) is 0 Å². The van der Waals surface area contributed by atoms with Crippen LogP contribution in [0, 0.1) is 6.92 Å². The normalized spacial score (nSPS) is 14.5. The Morgan fingerprint density at radius 1 is 0.933 bits per heavy atom. The van der Waals surface area contributed by atoms with E-state index in [4.69, 9.17) is 4.74 Å². The molecule has 3 aromatic carbocycles. The van der Waals surface area contributed by atoms with E-state index in [1.807, 2.05) is 74.6 Å². The number of nitrogens with one attached hydrogen (secondary N) is 2. The molecule has 0 radical (unpaired) electrons. The molecule has 1 fully saturated rings. The van der Waals surface area contributed by atoms with Crippen LogP contribution in [0.15, 0.2) is 79.0 Å². The highest BCUT2D eigenvalue weighted by Gasteiger charge is 2.27. The third-order valence-electron chi connectivity index (χ3n) is 8.37. The molecule has 0 bridgehead atoms. The van der Waals surface area contributed by atoms with Crippen molar-refractivity contribution >= 4 is 35.1 Å². The summed E-state index contributed by atoms with van der Waals surface area (Å²) in [5, 5.41) is 10.8. The Balaban J connectivity index is 1.00. The maximum Gasteiger partial charge on any atom is 0.338 e. The molecule has 4 aromatic rings. The summed E-state index contributed by atoms with van der Waals surface area (Å²) in [7, 11) is 1.88. The van der Waals surface area contributed by atoms with Crippen LogP contribution in [-0.2, 0) is 24.9 Å². The number of carbonyl (C=O) groups is 3. The lowest BCUT2D eigenvalue weighted by Crippen LogP contribution is -2.52. The van der Waals surface area contributed by atoms with Crippen LogP contribution in [0.2, 0.25) is 0 Å². The zero-order valence-corrected chi connectivity index (χ0v) is 25.5. The fourth-order valence-electron chi connectivity index (χ4n) is 5.70. The number of para-hydroxylation sites is 2. The molecule has 11 heteroatoms. The SMILES string of the molecule is Cc1cc(C(=O)N2Cc3cnn(C)c3Nc3ccccc32)ccc1CNC(=O)N1CCN(CCOC(=O)c2ccccc2)CC1. The quantitative estimate of drug-likeness (QED) is 0.301. The maximum absolute atomic E-state index is 13.8. The topological polar surface area (TPSA) is 112 Å². The maximum atomic E-state index is 13.8. The summed E-state index contributed by atoms with van der Waals surface area (Å²) >= 11 is 0. The molecule has 3 heterocycles. The van der Waals surface area contributed by atoms with Crippen LogP contribution in [-0.4, -0.2) is 76.8 Å². The molecule has 232 valence electrons. The van der Waals surface area contributed by atoms with Gasteiger partial charge in [0, 0.05) is 57.4 Å². The van der Waals surface area contributed by atoms with Gasteiger partial charge in [0.25, 0.3) is 5.91 Å². The number of ether oxygens (including phenoxy) is 1. The molecule has 6 rings (SSSR count). The Morgan fingerprint density at radius 3 is 2.47 bits per heavy atom. The smallest absolute Gasteiger partial charge is 0.338 e. The largest absolute Gasteiger partial charge is 0.461 e. The van der Waals surface area contributed by atoms with Gasteiger partial charge >= 0.3 is 12.0 Å². The highest BCUT2D eigenvalue weighted by molar-refractivity contribution is 6.08. The van der Waals surface area contributed by atoms with Crippen molar-refractivity contribution in [3.05, 3.63) is 107 Å². The second kappa shape index (κ2) is 13.2. The second-order valence-electron chi connectivity index (χ2n) is 11.3. The van der Waals surface area contributed by atoms with Gasteiger partial charge in [0.15, 0.2) is 0 Å². The number of piperazine rings is 1. The molecule has 0 saturated carbocycles. The number of fused-ring (bicyclic) bond motifs is 2. The number of urea groups is 1. The van der Waals surface area contributed by atoms with Crippen molar-refractivity contribution < 1.29 is 19.1 Å². The first-order valence-electron chi connectivity index (χ1n) is 15.1. The fraction of sp³-hybridized carbons (Fsp3) is 0.294. The lowest BCUT2D eigenvalue weighted by molar-refractivity contribution is 0.0436. The van der Waals surface area contributed by atoms with Crippen LogP contribution < -0.4 is 15.5 Å². The number of esters is 1. The van der Waals surface area contributed by atoms with Crippen molar-refractivity contribution in [1.29, 1.82) is 0 Å². The van der Waals surface area contributed by atoms with Crippen molar-refractivity contribution in [2.45, 2.75) is 20.0 Å². The van der Waals surface area contributed by atoms with Gasteiger partial charge in [-0.1, -0.05) is 36.4 Å². The number of nitrogens with zero attached hydrogens (tertiary/aromatic N) is 5. The third kappa shape index (κ3) is 6.68. The number of hydrogen-bond donors (Lipinski definition) is 2. The first-order valence-corrected chi connectivity index (χ1v) is 15.1. The molecule has 45 heavy (non-hydrogen) atoms. The van der Waals surface area contributed by atoms with Gasteiger partial charge in [-0.2, -0.15) is 5.10 Å². The molecule has 0 unspecified atom stereocenters. The molecule has 2 aliphatic rings. The number of benzene rings is 3. The first kappa shape index (κ1) is 29.9. The summed E-state index contributed by atoms with van der Waals surface area (Å²) in [5.74, 6) is 0.437. The minimum absolute atomic E-state index is 0.104. The predicted molar refractivity (Wildman–Crippen MR) is 172 cm³/mol. The summed E-state index contributed by atoms with van der Waals surface area (Å²) in [4.78, 5) is 44.7. The number of hydrogen-bond acceptors (Lipinski definition) is 7. The minimum Gasteiger partial charge on any atom is -0.461 e. The number of aromatic nitrogens is 2. The van der Waals surface area contributed by atoms with Crippen LogP contribution >= 0.6 is 0 Å². The summed E-state index contributed by atoms with van der Waals surface area (Å²) in [5.41, 5.74) is 5.59. The van der Waals surface area contributed by atoms with E-state index in [0.29, 0.717) is 63.5 Å². The van der Waals surface area contributed by atoms with Gasteiger partial charge in [-0.25, -0.2) is 9.59 Å². The van der Waals surface area contributed by atoms with Gasteiger partial charge in [-0.3, -0.25) is 14.4 Å². The Kier molecular flexibility index (Phi) is 8.79. The van der Waals surface area contributed by atoms with E-state index < -0.39 is 0 Å². The summed E-state index contributed by atoms with van der Waals surface area (Å²) in [6.07, 6.45) is 1.79. The molecule has 2 N–H and O–H groups in total. The van der Waals surface area contributed by atoms with Gasteiger partial charge < -0.3 is 25.2 Å². The van der Waals surface area contributed by atoms with Crippen molar-refractivity contribution in [1.82, 2.24) is 24.9 Å². The summed E-state index contributed by atoms with van der Waals surface area (Å²) in [6, 6.07) is 22.2. The summed E-state index contributed by atoms with van der Waals surface area (Å²) < 4.78 is 7.17. The Bertz CT molecular complexity index is 1700. The Morgan fingerprint density at radius 2 is 1.69 bits per heavy atom. The molecule has 1 saturated heterocycles. The first-order chi connectivity index (χ1) is 21.9. The van der Waals surface area contributed by atoms with Crippen molar-refractivity contribution in [2.24, 2.45) is 7.05 Å². The van der Waals surface area contributed by atoms with Gasteiger partial charge in [0.1, 0.15) is 12.4 Å². The number of aryl methyl sites for hydroxylation is 2. The van der Waals surface area contributed by atoms with E-state index in [1.165, 1.54) is 0 Å². The van der Waals surface area contributed by atoms with E-state index in [1.54, 1.807) is 32.8 Å². The molecule has 11 nitrogen and oxygen atoms in total. The number of amides is 3. The highest BCUT2D eigenvalue weighted by atomic mass is 16.5. The molecular weight excluding hydrogens is 570 g/mol. The molecule has 0 aliphatic carbocycles. The van der Waals surface area contributed by atoms with Crippen molar-refractivity contribution in [3.8, 4) is 0 Å². The number of carbonyl (C=O) groups excluding carboxylic acids is 3. The van der Waals surface area contributed by atoms with Gasteiger partial charge in [-0.05, 0) is 54.4 Å². The van der Waals surface area contributed by atoms with Crippen LogP contribution in [0.5, 0.6) is 0 Å². The second-order valence-corrected chi connectivity index (χ2v) is 11.3. The van der Waals surface area contributed by atoms with Crippen LogP contribution in [0.4, 0.5) is 22.0 Å². The summed E-state index contributed by atoms with van der Waals surface area (Å²) in [6.45, 7) is 6.26. The minimum atomic E-state index is -0.325.